The lowest BCUT2D eigenvalue weighted by molar-refractivity contribution is -0.143. The number of Topliss-reactive ketones (excluding diaryl/α,β-unsaturated/α-hetero) is 1. The number of benzene rings is 1. The van der Waals surface area contributed by atoms with Gasteiger partial charge in [-0.2, -0.15) is 0 Å². The van der Waals surface area contributed by atoms with E-state index in [2.05, 4.69) is 0 Å². The van der Waals surface area contributed by atoms with Gasteiger partial charge >= 0.3 is 5.97 Å². The van der Waals surface area contributed by atoms with Crippen molar-refractivity contribution in [3.8, 4) is 11.5 Å². The lowest BCUT2D eigenvalue weighted by atomic mass is 10.1. The van der Waals surface area contributed by atoms with Crippen LogP contribution in [0, 0.1) is 0 Å². The van der Waals surface area contributed by atoms with Crippen LogP contribution in [0.25, 0.3) is 0 Å². The molecule has 0 saturated carbocycles. The number of methoxy groups -OCH3 is 2. The van der Waals surface area contributed by atoms with Crippen molar-refractivity contribution in [1.82, 2.24) is 0 Å². The Morgan fingerprint density at radius 1 is 1.10 bits per heavy atom. The van der Waals surface area contributed by atoms with Crippen molar-refractivity contribution in [2.24, 2.45) is 0 Å². The summed E-state index contributed by atoms with van der Waals surface area (Å²) in [5.41, 5.74) is 0.444. The maximum Gasteiger partial charge on any atom is 0.306 e. The number of ether oxygens (including phenoxy) is 3. The number of hydrogen-bond acceptors (Lipinski definition) is 5. The third-order valence-electron chi connectivity index (χ3n) is 3.03. The van der Waals surface area contributed by atoms with Gasteiger partial charge in [0.15, 0.2) is 5.78 Å². The highest BCUT2D eigenvalue weighted by Gasteiger charge is 2.15. The molecule has 0 saturated heterocycles. The molecule has 5 heteroatoms. The summed E-state index contributed by atoms with van der Waals surface area (Å²) in [7, 11) is 3.03. The van der Waals surface area contributed by atoms with E-state index in [0.29, 0.717) is 23.7 Å². The van der Waals surface area contributed by atoms with Gasteiger partial charge < -0.3 is 14.2 Å². The SMILES string of the molecule is CCCCOC(=O)CCC(=O)c1ccc(OC)cc1OC. The molecule has 0 amide bonds. The molecule has 0 aliphatic heterocycles. The molecule has 0 fully saturated rings. The first-order valence-corrected chi connectivity index (χ1v) is 7.03. The van der Waals surface area contributed by atoms with Crippen LogP contribution in [0.2, 0.25) is 0 Å². The molecule has 0 aliphatic rings. The molecular formula is C16H22O5. The van der Waals surface area contributed by atoms with Crippen LogP contribution in [0.5, 0.6) is 11.5 Å². The van der Waals surface area contributed by atoms with Gasteiger partial charge in [-0.3, -0.25) is 9.59 Å². The third kappa shape index (κ3) is 5.45. The molecule has 0 aliphatic carbocycles. The molecular weight excluding hydrogens is 272 g/mol. The quantitative estimate of drug-likeness (QED) is 0.398. The summed E-state index contributed by atoms with van der Waals surface area (Å²) in [4.78, 5) is 23.6. The first-order valence-electron chi connectivity index (χ1n) is 7.03. The van der Waals surface area contributed by atoms with Gasteiger partial charge in [-0.1, -0.05) is 13.3 Å². The molecule has 0 heterocycles. The molecule has 5 nitrogen and oxygen atoms in total. The van der Waals surface area contributed by atoms with Crippen LogP contribution in [0.15, 0.2) is 18.2 Å². The monoisotopic (exact) mass is 294 g/mol. The molecule has 0 unspecified atom stereocenters. The predicted molar refractivity (Wildman–Crippen MR) is 79.0 cm³/mol. The van der Waals surface area contributed by atoms with Crippen LogP contribution >= 0.6 is 0 Å². The number of esters is 1. The largest absolute Gasteiger partial charge is 0.497 e. The van der Waals surface area contributed by atoms with E-state index in [1.165, 1.54) is 7.11 Å². The van der Waals surface area contributed by atoms with Crippen molar-refractivity contribution in [2.75, 3.05) is 20.8 Å². The molecule has 1 rings (SSSR count). The molecule has 0 atom stereocenters. The smallest absolute Gasteiger partial charge is 0.306 e. The van der Waals surface area contributed by atoms with Gasteiger partial charge in [0.25, 0.3) is 0 Å². The van der Waals surface area contributed by atoms with Crippen molar-refractivity contribution in [1.29, 1.82) is 0 Å². The molecule has 0 N–H and O–H groups in total. The van der Waals surface area contributed by atoms with Gasteiger partial charge in [-0.05, 0) is 18.6 Å². The Labute approximate surface area is 125 Å². The van der Waals surface area contributed by atoms with Crippen molar-refractivity contribution in [2.45, 2.75) is 32.6 Å². The maximum atomic E-state index is 12.1. The Hall–Kier alpha value is -2.04. The molecule has 1 aromatic carbocycles. The Morgan fingerprint density at radius 3 is 2.48 bits per heavy atom. The summed E-state index contributed by atoms with van der Waals surface area (Å²) in [6.45, 7) is 2.43. The van der Waals surface area contributed by atoms with Crippen LogP contribution < -0.4 is 9.47 Å². The summed E-state index contributed by atoms with van der Waals surface area (Å²) in [5, 5.41) is 0. The van der Waals surface area contributed by atoms with E-state index in [1.807, 2.05) is 6.92 Å². The molecule has 116 valence electrons. The van der Waals surface area contributed by atoms with Gasteiger partial charge in [-0.15, -0.1) is 0 Å². The van der Waals surface area contributed by atoms with Crippen LogP contribution in [0.3, 0.4) is 0 Å². The first kappa shape index (κ1) is 17.0. The van der Waals surface area contributed by atoms with Crippen molar-refractivity contribution in [3.63, 3.8) is 0 Å². The summed E-state index contributed by atoms with van der Waals surface area (Å²) < 4.78 is 15.3. The summed E-state index contributed by atoms with van der Waals surface area (Å²) in [6, 6.07) is 4.98. The number of hydrogen-bond donors (Lipinski definition) is 0. The van der Waals surface area contributed by atoms with Gasteiger partial charge in [0.05, 0.1) is 32.8 Å². The Morgan fingerprint density at radius 2 is 1.86 bits per heavy atom. The molecule has 0 aromatic heterocycles. The zero-order valence-corrected chi connectivity index (χ0v) is 12.8. The highest BCUT2D eigenvalue weighted by molar-refractivity contribution is 6.00. The average Bonchev–Trinajstić information content (AvgIpc) is 2.52. The van der Waals surface area contributed by atoms with E-state index < -0.39 is 0 Å². The zero-order chi connectivity index (χ0) is 15.7. The summed E-state index contributed by atoms with van der Waals surface area (Å²) >= 11 is 0. The van der Waals surface area contributed by atoms with E-state index in [1.54, 1.807) is 25.3 Å². The highest BCUT2D eigenvalue weighted by atomic mass is 16.5. The standard InChI is InChI=1S/C16H22O5/c1-4-5-10-21-16(18)9-8-14(17)13-7-6-12(19-2)11-15(13)20-3/h6-7,11H,4-5,8-10H2,1-3H3. The van der Waals surface area contributed by atoms with E-state index in [9.17, 15) is 9.59 Å². The maximum absolute atomic E-state index is 12.1. The fourth-order valence-electron chi connectivity index (χ4n) is 1.78. The Bertz CT molecular complexity index is 482. The lowest BCUT2D eigenvalue weighted by Crippen LogP contribution is -2.09. The average molecular weight is 294 g/mol. The minimum Gasteiger partial charge on any atom is -0.497 e. The highest BCUT2D eigenvalue weighted by Crippen LogP contribution is 2.25. The fraction of sp³-hybridized carbons (Fsp3) is 0.500. The van der Waals surface area contributed by atoms with Gasteiger partial charge in [-0.25, -0.2) is 0 Å². The van der Waals surface area contributed by atoms with E-state index in [0.717, 1.165) is 12.8 Å². The normalized spacial score (nSPS) is 10.0. The van der Waals surface area contributed by atoms with E-state index in [4.69, 9.17) is 14.2 Å². The molecule has 21 heavy (non-hydrogen) atoms. The second-order valence-electron chi connectivity index (χ2n) is 4.56. The van der Waals surface area contributed by atoms with Crippen LogP contribution in [-0.2, 0) is 9.53 Å². The minimum absolute atomic E-state index is 0.0811. The topological polar surface area (TPSA) is 61.8 Å². The molecule has 0 spiro atoms. The lowest BCUT2D eigenvalue weighted by Gasteiger charge is -2.09. The number of ketones is 1. The number of carbonyl (C=O) groups is 2. The number of unbranched alkanes of at least 4 members (excludes halogenated alkanes) is 1. The Balaban J connectivity index is 2.57. The zero-order valence-electron chi connectivity index (χ0n) is 12.8. The first-order chi connectivity index (χ1) is 10.1. The second-order valence-corrected chi connectivity index (χ2v) is 4.56. The molecule has 1 aromatic rings. The van der Waals surface area contributed by atoms with Gasteiger partial charge in [0.2, 0.25) is 0 Å². The second kappa shape index (κ2) is 9.00. The van der Waals surface area contributed by atoms with Crippen molar-refractivity contribution < 1.29 is 23.8 Å². The van der Waals surface area contributed by atoms with Crippen molar-refractivity contribution >= 4 is 11.8 Å². The summed E-state index contributed by atoms with van der Waals surface area (Å²) in [6.07, 6.45) is 1.99. The van der Waals surface area contributed by atoms with Crippen LogP contribution in [0.4, 0.5) is 0 Å². The van der Waals surface area contributed by atoms with Crippen LogP contribution in [-0.4, -0.2) is 32.6 Å². The van der Waals surface area contributed by atoms with Gasteiger partial charge in [0, 0.05) is 12.5 Å². The third-order valence-corrected chi connectivity index (χ3v) is 3.03. The fourth-order valence-corrected chi connectivity index (χ4v) is 1.78. The van der Waals surface area contributed by atoms with E-state index >= 15 is 0 Å². The van der Waals surface area contributed by atoms with E-state index in [-0.39, 0.29) is 24.6 Å². The Kier molecular flexibility index (Phi) is 7.29. The number of carbonyl (C=O) groups excluding carboxylic acids is 2. The molecule has 0 radical (unpaired) electrons. The molecule has 0 bridgehead atoms. The predicted octanol–water partition coefficient (Wildman–Crippen LogP) is 3.01. The minimum atomic E-state index is -0.343. The number of rotatable bonds is 9. The van der Waals surface area contributed by atoms with Gasteiger partial charge in [0.1, 0.15) is 11.5 Å². The van der Waals surface area contributed by atoms with Crippen LogP contribution in [0.1, 0.15) is 43.0 Å². The van der Waals surface area contributed by atoms with Crippen molar-refractivity contribution in [3.05, 3.63) is 23.8 Å². The summed E-state index contributed by atoms with van der Waals surface area (Å²) in [5.74, 6) is 0.562.